The second-order valence-electron chi connectivity index (χ2n) is 10.9. The number of hydrogen-bond donors (Lipinski definition) is 1. The maximum Gasteiger partial charge on any atom is 0.276 e. The summed E-state index contributed by atoms with van der Waals surface area (Å²) in [5.41, 5.74) is 1.16. The van der Waals surface area contributed by atoms with Crippen LogP contribution in [0.2, 0.25) is 0 Å². The van der Waals surface area contributed by atoms with Gasteiger partial charge < -0.3 is 5.32 Å². The van der Waals surface area contributed by atoms with Crippen molar-refractivity contribution in [3.8, 4) is 0 Å². The fraction of sp³-hybridized carbons (Fsp3) is 0.542. The summed E-state index contributed by atoms with van der Waals surface area (Å²) < 4.78 is 1.53. The van der Waals surface area contributed by atoms with Gasteiger partial charge in [0.1, 0.15) is 0 Å². The number of para-hydroxylation sites is 1. The lowest BCUT2D eigenvalue weighted by molar-refractivity contribution is -0.198. The highest BCUT2D eigenvalue weighted by molar-refractivity contribution is 5.96. The van der Waals surface area contributed by atoms with E-state index in [1.54, 1.807) is 12.3 Å². The molecule has 7 rings (SSSR count). The third kappa shape index (κ3) is 1.99. The zero-order valence-electron chi connectivity index (χ0n) is 17.1. The number of fused-ring (bicyclic) bond motifs is 2. The van der Waals surface area contributed by atoms with Crippen molar-refractivity contribution < 1.29 is 4.79 Å². The van der Waals surface area contributed by atoms with Gasteiger partial charge in [-0.15, -0.1) is 0 Å². The van der Waals surface area contributed by atoms with Gasteiger partial charge in [-0.05, 0) is 72.8 Å². The van der Waals surface area contributed by atoms with Gasteiger partial charge in [0.05, 0.1) is 10.9 Å². The zero-order chi connectivity index (χ0) is 20.2. The number of carbonyl (C=O) groups excluding carboxylic acids is 1. The number of hydrogen-bond acceptors (Lipinski definition) is 3. The quantitative estimate of drug-likeness (QED) is 0.864. The molecule has 5 atom stereocenters. The van der Waals surface area contributed by atoms with Gasteiger partial charge in [-0.3, -0.25) is 9.59 Å². The highest BCUT2D eigenvalue weighted by Crippen LogP contribution is 2.84. The van der Waals surface area contributed by atoms with Crippen LogP contribution in [0, 0.1) is 22.2 Å². The minimum absolute atomic E-state index is 0.0282. The number of nitrogens with one attached hydrogen (secondary N) is 1. The van der Waals surface area contributed by atoms with Crippen molar-refractivity contribution >= 4 is 23.0 Å². The zero-order valence-corrected chi connectivity index (χ0v) is 17.1. The average molecular weight is 389 g/mol. The summed E-state index contributed by atoms with van der Waals surface area (Å²) >= 11 is 0. The first kappa shape index (κ1) is 17.4. The number of nitrogens with zero attached hydrogens (tertiary/aromatic N) is 2. The molecule has 1 spiro atoms. The molecule has 1 N–H and O–H groups in total. The Labute approximate surface area is 170 Å². The van der Waals surface area contributed by atoms with Gasteiger partial charge in [-0.1, -0.05) is 32.6 Å². The van der Waals surface area contributed by atoms with E-state index in [2.05, 4.69) is 30.8 Å². The summed E-state index contributed by atoms with van der Waals surface area (Å²) in [5.74, 6) is 0.457. The van der Waals surface area contributed by atoms with E-state index in [0.717, 1.165) is 25.2 Å². The van der Waals surface area contributed by atoms with Gasteiger partial charge in [-0.2, -0.15) is 5.10 Å². The number of amides is 1. The lowest BCUT2D eigenvalue weighted by Crippen LogP contribution is -2.62. The van der Waals surface area contributed by atoms with Crippen molar-refractivity contribution in [2.24, 2.45) is 22.2 Å². The summed E-state index contributed by atoms with van der Waals surface area (Å²) in [6.07, 6.45) is 8.53. The molecular formula is C24H27N3O2. The molecule has 5 heteroatoms. The van der Waals surface area contributed by atoms with Crippen molar-refractivity contribution in [2.75, 3.05) is 0 Å². The highest BCUT2D eigenvalue weighted by Gasteiger charge is 2.78. The Kier molecular flexibility index (Phi) is 3.00. The van der Waals surface area contributed by atoms with Crippen LogP contribution in [0.3, 0.4) is 0 Å². The van der Waals surface area contributed by atoms with E-state index in [-0.39, 0.29) is 22.6 Å². The van der Waals surface area contributed by atoms with E-state index in [4.69, 9.17) is 0 Å². The van der Waals surface area contributed by atoms with Gasteiger partial charge in [0.15, 0.2) is 5.69 Å². The molecule has 1 aromatic carbocycles. The highest BCUT2D eigenvalue weighted by atomic mass is 16.2. The largest absolute Gasteiger partial charge is 0.345 e. The van der Waals surface area contributed by atoms with Crippen molar-refractivity contribution in [1.29, 1.82) is 0 Å². The predicted octanol–water partition coefficient (Wildman–Crippen LogP) is 3.98. The van der Waals surface area contributed by atoms with E-state index < -0.39 is 0 Å². The van der Waals surface area contributed by atoms with Gasteiger partial charge in [0.2, 0.25) is 5.43 Å². The van der Waals surface area contributed by atoms with Crippen molar-refractivity contribution in [3.63, 3.8) is 0 Å². The first-order valence-corrected chi connectivity index (χ1v) is 10.7. The summed E-state index contributed by atoms with van der Waals surface area (Å²) in [5, 5.41) is 8.20. The number of benzene rings is 1. The van der Waals surface area contributed by atoms with Crippen molar-refractivity contribution in [2.45, 2.75) is 57.9 Å². The van der Waals surface area contributed by atoms with Gasteiger partial charge in [0, 0.05) is 11.7 Å². The van der Waals surface area contributed by atoms with Crippen LogP contribution in [-0.2, 0) is 0 Å². The molecule has 0 saturated heterocycles. The molecule has 29 heavy (non-hydrogen) atoms. The molecule has 0 radical (unpaired) electrons. The Hall–Kier alpha value is -2.43. The van der Waals surface area contributed by atoms with E-state index in [1.807, 2.05) is 18.2 Å². The standard InChI is InChI=1S/C24H27N3O2/c1-4-27-17-8-6-5-7-16(17)19(28)18(26-27)20(29)25-24-12-21(2)9-15-10-23(11-21,14-24)22(15,3)13-24/h4-8,15H,1,9-14H2,2-3H3,(H,25,29). The van der Waals surface area contributed by atoms with Crippen molar-refractivity contribution in [3.05, 3.63) is 46.8 Å². The third-order valence-corrected chi connectivity index (χ3v) is 8.99. The fourth-order valence-electron chi connectivity index (χ4n) is 8.37. The second-order valence-corrected chi connectivity index (χ2v) is 10.9. The van der Waals surface area contributed by atoms with Crippen LogP contribution >= 0.6 is 0 Å². The van der Waals surface area contributed by atoms with Gasteiger partial charge in [-0.25, -0.2) is 4.68 Å². The molecule has 1 heterocycles. The molecule has 5 nitrogen and oxygen atoms in total. The average Bonchev–Trinajstić information content (AvgIpc) is 2.76. The van der Waals surface area contributed by atoms with Crippen LogP contribution in [0.1, 0.15) is 62.9 Å². The van der Waals surface area contributed by atoms with Crippen LogP contribution in [0.4, 0.5) is 0 Å². The Morgan fingerprint density at radius 2 is 2.00 bits per heavy atom. The third-order valence-electron chi connectivity index (χ3n) is 8.99. The maximum atomic E-state index is 13.4. The molecule has 5 aliphatic carbocycles. The number of carbonyl (C=O) groups is 1. The molecule has 5 fully saturated rings. The van der Waals surface area contributed by atoms with Crippen LogP contribution in [0.25, 0.3) is 17.1 Å². The molecule has 2 aromatic rings. The summed E-state index contributed by atoms with van der Waals surface area (Å²) in [6, 6.07) is 7.23. The molecule has 1 aromatic heterocycles. The van der Waals surface area contributed by atoms with Crippen LogP contribution in [-0.4, -0.2) is 21.2 Å². The topological polar surface area (TPSA) is 64.0 Å². The smallest absolute Gasteiger partial charge is 0.276 e. The molecule has 0 aliphatic heterocycles. The first-order chi connectivity index (χ1) is 13.7. The lowest BCUT2D eigenvalue weighted by atomic mass is 9.35. The van der Waals surface area contributed by atoms with Crippen molar-refractivity contribution in [1.82, 2.24) is 15.1 Å². The molecule has 5 aliphatic rings. The minimum Gasteiger partial charge on any atom is -0.345 e. The maximum absolute atomic E-state index is 13.4. The Balaban J connectivity index is 1.41. The second kappa shape index (κ2) is 5.00. The van der Waals surface area contributed by atoms with Crippen LogP contribution in [0.15, 0.2) is 35.6 Å². The predicted molar refractivity (Wildman–Crippen MR) is 112 cm³/mol. The molecule has 5 saturated carbocycles. The van der Waals surface area contributed by atoms with E-state index in [0.29, 0.717) is 27.1 Å². The van der Waals surface area contributed by atoms with Gasteiger partial charge >= 0.3 is 0 Å². The summed E-state index contributed by atoms with van der Waals surface area (Å²) in [4.78, 5) is 26.4. The normalized spacial score (nSPS) is 41.2. The van der Waals surface area contributed by atoms with Crippen LogP contribution < -0.4 is 10.7 Å². The minimum atomic E-state index is -0.334. The van der Waals surface area contributed by atoms with Crippen LogP contribution in [0.5, 0.6) is 0 Å². The molecule has 1 amide bonds. The summed E-state index contributed by atoms with van der Waals surface area (Å²) in [6.45, 7) is 8.64. The van der Waals surface area contributed by atoms with Gasteiger partial charge in [0.25, 0.3) is 5.91 Å². The molecule has 5 unspecified atom stereocenters. The van der Waals surface area contributed by atoms with E-state index in [9.17, 15) is 9.59 Å². The fourth-order valence-corrected chi connectivity index (χ4v) is 8.37. The Morgan fingerprint density at radius 3 is 2.79 bits per heavy atom. The first-order valence-electron chi connectivity index (χ1n) is 10.7. The SMILES string of the molecule is C=Cn1nc(C(=O)NC23CC4(C)CC5CC(C4)(C2)C5(C)C3)c(=O)c2ccccc21. The Bertz CT molecular complexity index is 1160. The van der Waals surface area contributed by atoms with E-state index in [1.165, 1.54) is 23.9 Å². The Morgan fingerprint density at radius 1 is 1.21 bits per heavy atom. The van der Waals surface area contributed by atoms with E-state index >= 15 is 0 Å². The number of rotatable bonds is 3. The molecule has 150 valence electrons. The monoisotopic (exact) mass is 389 g/mol. The summed E-state index contributed by atoms with van der Waals surface area (Å²) in [7, 11) is 0. The lowest BCUT2D eigenvalue weighted by Gasteiger charge is -2.69. The number of aromatic nitrogens is 2. The molecule has 4 bridgehead atoms. The molecular weight excluding hydrogens is 362 g/mol.